The van der Waals surface area contributed by atoms with Crippen LogP contribution in [0.15, 0.2) is 54.6 Å². The first-order valence-electron chi connectivity index (χ1n) is 8.31. The number of quaternary nitrogens is 1. The Hall–Kier alpha value is -2.37. The molecule has 2 rings (SSSR count). The molecule has 4 N–H and O–H groups in total. The monoisotopic (exact) mass is 360 g/mol. The summed E-state index contributed by atoms with van der Waals surface area (Å²) in [4.78, 5) is 24.2. The molecular formula is C19H23ClN3O2+. The minimum Gasteiger partial charge on any atom is -0.338 e. The molecule has 6 heteroatoms. The lowest BCUT2D eigenvalue weighted by atomic mass is 10.1. The van der Waals surface area contributed by atoms with E-state index in [9.17, 15) is 9.59 Å². The van der Waals surface area contributed by atoms with Gasteiger partial charge < -0.3 is 10.6 Å². The Balaban J connectivity index is 2.02. The molecule has 2 aromatic rings. The number of nitrogens with one attached hydrogen (secondary N) is 2. The van der Waals surface area contributed by atoms with Crippen molar-refractivity contribution >= 4 is 23.5 Å². The maximum Gasteiger partial charge on any atom is 0.321 e. The Morgan fingerprint density at radius 1 is 1.12 bits per heavy atom. The van der Waals surface area contributed by atoms with Gasteiger partial charge in [0, 0.05) is 23.6 Å². The lowest BCUT2D eigenvalue weighted by molar-refractivity contribution is -0.682. The number of carbonyl (C=O) groups is 2. The predicted octanol–water partition coefficient (Wildman–Crippen LogP) is 2.03. The lowest BCUT2D eigenvalue weighted by Crippen LogP contribution is -2.88. The number of nitrogens with two attached hydrogens (primary N) is 1. The van der Waals surface area contributed by atoms with Crippen LogP contribution in [0.5, 0.6) is 0 Å². The van der Waals surface area contributed by atoms with Crippen molar-refractivity contribution in [1.82, 2.24) is 10.6 Å². The van der Waals surface area contributed by atoms with Crippen LogP contribution in [0.1, 0.15) is 24.1 Å². The van der Waals surface area contributed by atoms with Crippen LogP contribution in [-0.4, -0.2) is 25.0 Å². The molecule has 0 bridgehead atoms. The zero-order chi connectivity index (χ0) is 18.1. The summed E-state index contributed by atoms with van der Waals surface area (Å²) in [5.41, 5.74) is 1.97. The molecule has 0 unspecified atom stereocenters. The van der Waals surface area contributed by atoms with Gasteiger partial charge in [-0.15, -0.1) is 0 Å². The number of imide groups is 1. The first-order valence-corrected chi connectivity index (χ1v) is 8.69. The second-order valence-electron chi connectivity index (χ2n) is 5.64. The highest BCUT2D eigenvalue weighted by molar-refractivity contribution is 6.30. The van der Waals surface area contributed by atoms with E-state index < -0.39 is 12.1 Å². The van der Waals surface area contributed by atoms with Crippen LogP contribution < -0.4 is 16.0 Å². The molecule has 0 saturated carbocycles. The van der Waals surface area contributed by atoms with Gasteiger partial charge in [0.25, 0.3) is 5.91 Å². The van der Waals surface area contributed by atoms with Crippen molar-refractivity contribution < 1.29 is 14.9 Å². The zero-order valence-corrected chi connectivity index (χ0v) is 14.9. The SMILES string of the molecule is CCNC(=O)NC(=O)[C@H]([NH2+]CCc1cccc(Cl)c1)c1ccccc1. The molecule has 0 saturated heterocycles. The Kier molecular flexibility index (Phi) is 7.44. The number of rotatable bonds is 7. The fourth-order valence-corrected chi connectivity index (χ4v) is 2.77. The van der Waals surface area contributed by atoms with E-state index in [4.69, 9.17) is 11.6 Å². The summed E-state index contributed by atoms with van der Waals surface area (Å²) in [6.45, 7) is 2.96. The van der Waals surface area contributed by atoms with Gasteiger partial charge >= 0.3 is 6.03 Å². The van der Waals surface area contributed by atoms with Gasteiger partial charge in [0.15, 0.2) is 6.04 Å². The molecule has 1 atom stereocenters. The van der Waals surface area contributed by atoms with Gasteiger partial charge in [-0.2, -0.15) is 0 Å². The third-order valence-electron chi connectivity index (χ3n) is 3.74. The van der Waals surface area contributed by atoms with Crippen LogP contribution in [0.3, 0.4) is 0 Å². The van der Waals surface area contributed by atoms with E-state index in [1.165, 1.54) is 0 Å². The number of benzene rings is 2. The highest BCUT2D eigenvalue weighted by Gasteiger charge is 2.25. The summed E-state index contributed by atoms with van der Waals surface area (Å²) >= 11 is 6.00. The molecule has 0 spiro atoms. The number of hydrogen-bond donors (Lipinski definition) is 3. The van der Waals surface area contributed by atoms with Gasteiger partial charge in [-0.25, -0.2) is 4.79 Å². The number of amides is 3. The van der Waals surface area contributed by atoms with Crippen LogP contribution in [0.2, 0.25) is 5.02 Å². The van der Waals surface area contributed by atoms with E-state index in [1.54, 1.807) is 6.92 Å². The largest absolute Gasteiger partial charge is 0.338 e. The van der Waals surface area contributed by atoms with Crippen molar-refractivity contribution in [3.8, 4) is 0 Å². The second-order valence-corrected chi connectivity index (χ2v) is 6.08. The Labute approximate surface area is 152 Å². The smallest absolute Gasteiger partial charge is 0.321 e. The van der Waals surface area contributed by atoms with Crippen molar-refractivity contribution in [1.29, 1.82) is 0 Å². The van der Waals surface area contributed by atoms with Crippen molar-refractivity contribution in [3.63, 3.8) is 0 Å². The maximum atomic E-state index is 12.5. The molecule has 132 valence electrons. The van der Waals surface area contributed by atoms with E-state index in [1.807, 2.05) is 59.9 Å². The molecule has 25 heavy (non-hydrogen) atoms. The van der Waals surface area contributed by atoms with Crippen LogP contribution in [-0.2, 0) is 11.2 Å². The number of carbonyl (C=O) groups excluding carboxylic acids is 2. The molecule has 0 aliphatic heterocycles. The van der Waals surface area contributed by atoms with Gasteiger partial charge in [-0.1, -0.05) is 54.1 Å². The molecule has 0 heterocycles. The molecule has 0 fully saturated rings. The second kappa shape index (κ2) is 9.81. The molecule has 0 radical (unpaired) electrons. The Bertz CT molecular complexity index is 707. The quantitative estimate of drug-likeness (QED) is 0.706. The van der Waals surface area contributed by atoms with Gasteiger partial charge in [-0.3, -0.25) is 10.1 Å². The molecule has 5 nitrogen and oxygen atoms in total. The van der Waals surface area contributed by atoms with Crippen molar-refractivity contribution in [2.24, 2.45) is 0 Å². The molecule has 0 aliphatic rings. The van der Waals surface area contributed by atoms with E-state index in [0.717, 1.165) is 17.5 Å². The highest BCUT2D eigenvalue weighted by Crippen LogP contribution is 2.11. The highest BCUT2D eigenvalue weighted by atomic mass is 35.5. The predicted molar refractivity (Wildman–Crippen MR) is 98.3 cm³/mol. The minimum atomic E-state index is -0.483. The Morgan fingerprint density at radius 3 is 2.56 bits per heavy atom. The fourth-order valence-electron chi connectivity index (χ4n) is 2.56. The van der Waals surface area contributed by atoms with Crippen molar-refractivity contribution in [3.05, 3.63) is 70.7 Å². The normalized spacial score (nSPS) is 11.6. The van der Waals surface area contributed by atoms with E-state index in [0.29, 0.717) is 18.1 Å². The van der Waals surface area contributed by atoms with Gasteiger partial charge in [0.1, 0.15) is 0 Å². The minimum absolute atomic E-state index is 0.330. The number of halogens is 1. The average Bonchev–Trinajstić information content (AvgIpc) is 2.59. The summed E-state index contributed by atoms with van der Waals surface area (Å²) in [5.74, 6) is -0.330. The van der Waals surface area contributed by atoms with Crippen LogP contribution >= 0.6 is 11.6 Å². The van der Waals surface area contributed by atoms with Crippen LogP contribution in [0.4, 0.5) is 4.79 Å². The third-order valence-corrected chi connectivity index (χ3v) is 3.97. The molecule has 2 aromatic carbocycles. The van der Waals surface area contributed by atoms with E-state index in [2.05, 4.69) is 10.6 Å². The van der Waals surface area contributed by atoms with E-state index >= 15 is 0 Å². The van der Waals surface area contributed by atoms with Crippen LogP contribution in [0, 0.1) is 0 Å². The number of hydrogen-bond acceptors (Lipinski definition) is 2. The van der Waals surface area contributed by atoms with Gasteiger partial charge in [0.2, 0.25) is 0 Å². The summed E-state index contributed by atoms with van der Waals surface area (Å²) in [6.07, 6.45) is 0.776. The van der Waals surface area contributed by atoms with Crippen molar-refractivity contribution in [2.75, 3.05) is 13.1 Å². The molecule has 3 amide bonds. The summed E-state index contributed by atoms with van der Waals surface area (Å²) in [6, 6.07) is 16.1. The summed E-state index contributed by atoms with van der Waals surface area (Å²) < 4.78 is 0. The lowest BCUT2D eigenvalue weighted by Gasteiger charge is -2.15. The van der Waals surface area contributed by atoms with Gasteiger partial charge in [0.05, 0.1) is 6.54 Å². The van der Waals surface area contributed by atoms with E-state index in [-0.39, 0.29) is 5.91 Å². The van der Waals surface area contributed by atoms with Crippen molar-refractivity contribution in [2.45, 2.75) is 19.4 Å². The molecule has 0 aromatic heterocycles. The molecule has 0 aliphatic carbocycles. The zero-order valence-electron chi connectivity index (χ0n) is 14.2. The Morgan fingerprint density at radius 2 is 1.88 bits per heavy atom. The topological polar surface area (TPSA) is 74.8 Å². The maximum absolute atomic E-state index is 12.5. The standard InChI is InChI=1S/C19H22ClN3O2/c1-2-21-19(25)23-18(24)17(15-8-4-3-5-9-15)22-12-11-14-7-6-10-16(20)13-14/h3-10,13,17,22H,2,11-12H2,1H3,(H2,21,23,24,25)/p+1/t17-/m1/s1. The number of urea groups is 1. The van der Waals surface area contributed by atoms with Crippen LogP contribution in [0.25, 0.3) is 0 Å². The average molecular weight is 361 g/mol. The third kappa shape index (κ3) is 6.21. The summed E-state index contributed by atoms with van der Waals surface area (Å²) in [5, 5.41) is 7.60. The van der Waals surface area contributed by atoms with Gasteiger partial charge in [-0.05, 0) is 24.6 Å². The fraction of sp³-hybridized carbons (Fsp3) is 0.263. The molecular weight excluding hydrogens is 338 g/mol. The summed E-state index contributed by atoms with van der Waals surface area (Å²) in [7, 11) is 0. The first-order chi connectivity index (χ1) is 12.1. The first kappa shape index (κ1) is 19.0.